The molecule has 1 aromatic heterocycles. The van der Waals surface area contributed by atoms with E-state index in [0.29, 0.717) is 0 Å². The summed E-state index contributed by atoms with van der Waals surface area (Å²) in [4.78, 5) is 0. The summed E-state index contributed by atoms with van der Waals surface area (Å²) in [6.45, 7) is 3.11. The number of nitrogens with zero attached hydrogens (tertiary/aromatic N) is 2. The van der Waals surface area contributed by atoms with E-state index in [4.69, 9.17) is 11.6 Å². The van der Waals surface area contributed by atoms with Crippen molar-refractivity contribution in [2.24, 2.45) is 7.05 Å². The van der Waals surface area contributed by atoms with Crippen LogP contribution >= 0.6 is 27.5 Å². The SMILES string of the molecule is CCCNC(c1ccc(Cl)c(Br)c1)c1ccnn1C. The molecule has 0 aliphatic heterocycles. The molecule has 1 N–H and O–H groups in total. The molecule has 2 aromatic rings. The molecule has 0 radical (unpaired) electrons. The lowest BCUT2D eigenvalue weighted by Gasteiger charge is -2.20. The van der Waals surface area contributed by atoms with Crippen molar-refractivity contribution >= 4 is 27.5 Å². The van der Waals surface area contributed by atoms with Gasteiger partial charge in [-0.1, -0.05) is 24.6 Å². The van der Waals surface area contributed by atoms with E-state index in [0.717, 1.165) is 28.2 Å². The second-order valence-electron chi connectivity index (χ2n) is 4.44. The fourth-order valence-electron chi connectivity index (χ4n) is 2.04. The van der Waals surface area contributed by atoms with Gasteiger partial charge in [-0.2, -0.15) is 5.10 Å². The minimum atomic E-state index is 0.126. The summed E-state index contributed by atoms with van der Waals surface area (Å²) in [6, 6.07) is 8.19. The Morgan fingerprint density at radius 1 is 1.42 bits per heavy atom. The van der Waals surface area contributed by atoms with Gasteiger partial charge in [0.1, 0.15) is 0 Å². The van der Waals surface area contributed by atoms with E-state index in [9.17, 15) is 0 Å². The molecule has 0 aliphatic rings. The van der Waals surface area contributed by atoms with Gasteiger partial charge in [-0.25, -0.2) is 0 Å². The zero-order valence-electron chi connectivity index (χ0n) is 11.0. The maximum atomic E-state index is 6.06. The number of aryl methyl sites for hydroxylation is 1. The third-order valence-corrected chi connectivity index (χ3v) is 4.24. The molecule has 102 valence electrons. The number of aromatic nitrogens is 2. The van der Waals surface area contributed by atoms with E-state index >= 15 is 0 Å². The van der Waals surface area contributed by atoms with Crippen molar-refractivity contribution in [1.82, 2.24) is 15.1 Å². The molecule has 19 heavy (non-hydrogen) atoms. The van der Waals surface area contributed by atoms with E-state index in [1.165, 1.54) is 5.56 Å². The Bertz CT molecular complexity index is 553. The van der Waals surface area contributed by atoms with Gasteiger partial charge in [-0.05, 0) is 52.7 Å². The van der Waals surface area contributed by atoms with Crippen molar-refractivity contribution in [3.05, 3.63) is 51.2 Å². The van der Waals surface area contributed by atoms with Gasteiger partial charge in [0.2, 0.25) is 0 Å². The van der Waals surface area contributed by atoms with Crippen LogP contribution in [-0.4, -0.2) is 16.3 Å². The predicted octanol–water partition coefficient (Wildman–Crippen LogP) is 3.93. The number of halogens is 2. The molecule has 5 heteroatoms. The number of rotatable bonds is 5. The van der Waals surface area contributed by atoms with Crippen LogP contribution in [0.1, 0.15) is 30.6 Å². The van der Waals surface area contributed by atoms with Crippen molar-refractivity contribution < 1.29 is 0 Å². The Morgan fingerprint density at radius 2 is 2.21 bits per heavy atom. The largest absolute Gasteiger partial charge is 0.305 e. The van der Waals surface area contributed by atoms with Crippen LogP contribution in [0.15, 0.2) is 34.9 Å². The first-order chi connectivity index (χ1) is 9.13. The number of nitrogens with one attached hydrogen (secondary N) is 1. The van der Waals surface area contributed by atoms with Crippen molar-refractivity contribution in [3.63, 3.8) is 0 Å². The van der Waals surface area contributed by atoms with Crippen molar-refractivity contribution in [1.29, 1.82) is 0 Å². The average molecular weight is 343 g/mol. The number of hydrogen-bond acceptors (Lipinski definition) is 2. The van der Waals surface area contributed by atoms with Crippen LogP contribution in [0.2, 0.25) is 5.02 Å². The first-order valence-corrected chi connectivity index (χ1v) is 7.46. The monoisotopic (exact) mass is 341 g/mol. The van der Waals surface area contributed by atoms with Crippen molar-refractivity contribution in [2.45, 2.75) is 19.4 Å². The van der Waals surface area contributed by atoms with Gasteiger partial charge in [-0.15, -0.1) is 0 Å². The molecule has 1 atom stereocenters. The summed E-state index contributed by atoms with van der Waals surface area (Å²) >= 11 is 9.54. The molecule has 2 rings (SSSR count). The normalized spacial score (nSPS) is 12.6. The standard InChI is InChI=1S/C14H17BrClN3/c1-3-7-17-14(13-6-8-18-19(13)2)10-4-5-12(16)11(15)9-10/h4-6,8-9,14,17H,3,7H2,1-2H3. The summed E-state index contributed by atoms with van der Waals surface area (Å²) in [5, 5.41) is 8.53. The quantitative estimate of drug-likeness (QED) is 0.892. The van der Waals surface area contributed by atoms with Gasteiger partial charge < -0.3 is 5.32 Å². The molecule has 1 aromatic carbocycles. The van der Waals surface area contributed by atoms with E-state index < -0.39 is 0 Å². The number of benzene rings is 1. The van der Waals surface area contributed by atoms with E-state index in [2.05, 4.69) is 39.3 Å². The first-order valence-electron chi connectivity index (χ1n) is 6.29. The van der Waals surface area contributed by atoms with Crippen LogP contribution in [0.3, 0.4) is 0 Å². The van der Waals surface area contributed by atoms with Crippen LogP contribution in [0.5, 0.6) is 0 Å². The summed E-state index contributed by atoms with van der Waals surface area (Å²) in [5.41, 5.74) is 2.32. The molecular formula is C14H17BrClN3. The third kappa shape index (κ3) is 3.38. The number of hydrogen-bond donors (Lipinski definition) is 1. The molecule has 0 amide bonds. The fraction of sp³-hybridized carbons (Fsp3) is 0.357. The zero-order valence-corrected chi connectivity index (χ0v) is 13.4. The lowest BCUT2D eigenvalue weighted by atomic mass is 10.0. The highest BCUT2D eigenvalue weighted by molar-refractivity contribution is 9.10. The minimum Gasteiger partial charge on any atom is -0.305 e. The molecule has 1 heterocycles. The molecule has 0 aliphatic carbocycles. The van der Waals surface area contributed by atoms with E-state index in [1.807, 2.05) is 36.1 Å². The Hall–Kier alpha value is -0.840. The third-order valence-electron chi connectivity index (χ3n) is 3.03. The molecule has 0 saturated carbocycles. The van der Waals surface area contributed by atoms with Crippen molar-refractivity contribution in [2.75, 3.05) is 6.54 Å². The van der Waals surface area contributed by atoms with Gasteiger partial charge in [-0.3, -0.25) is 4.68 Å². The van der Waals surface area contributed by atoms with Crippen LogP contribution in [0, 0.1) is 0 Å². The van der Waals surface area contributed by atoms with Gasteiger partial charge in [0.25, 0.3) is 0 Å². The van der Waals surface area contributed by atoms with E-state index in [-0.39, 0.29) is 6.04 Å². The topological polar surface area (TPSA) is 29.9 Å². The maximum Gasteiger partial charge on any atom is 0.0748 e. The van der Waals surface area contributed by atoms with Crippen molar-refractivity contribution in [3.8, 4) is 0 Å². The van der Waals surface area contributed by atoms with Crippen LogP contribution in [-0.2, 0) is 7.05 Å². The van der Waals surface area contributed by atoms with Crippen LogP contribution in [0.25, 0.3) is 0 Å². The summed E-state index contributed by atoms with van der Waals surface area (Å²) in [5.74, 6) is 0. The smallest absolute Gasteiger partial charge is 0.0748 e. The molecule has 0 fully saturated rings. The summed E-state index contributed by atoms with van der Waals surface area (Å²) in [7, 11) is 1.96. The van der Waals surface area contributed by atoms with Gasteiger partial charge in [0.15, 0.2) is 0 Å². The molecule has 0 bridgehead atoms. The maximum absolute atomic E-state index is 6.06. The van der Waals surface area contributed by atoms with Gasteiger partial charge >= 0.3 is 0 Å². The summed E-state index contributed by atoms with van der Waals surface area (Å²) in [6.07, 6.45) is 2.91. The zero-order chi connectivity index (χ0) is 13.8. The van der Waals surface area contributed by atoms with Gasteiger partial charge in [0.05, 0.1) is 16.8 Å². The van der Waals surface area contributed by atoms with Gasteiger partial charge in [0, 0.05) is 17.7 Å². The van der Waals surface area contributed by atoms with E-state index in [1.54, 1.807) is 0 Å². The predicted molar refractivity (Wildman–Crippen MR) is 82.5 cm³/mol. The second-order valence-corrected chi connectivity index (χ2v) is 5.70. The average Bonchev–Trinajstić information content (AvgIpc) is 2.80. The summed E-state index contributed by atoms with van der Waals surface area (Å²) < 4.78 is 2.81. The lowest BCUT2D eigenvalue weighted by Crippen LogP contribution is -2.25. The Kier molecular flexibility index (Phi) is 5.02. The molecule has 0 spiro atoms. The highest BCUT2D eigenvalue weighted by Gasteiger charge is 2.17. The lowest BCUT2D eigenvalue weighted by molar-refractivity contribution is 0.553. The minimum absolute atomic E-state index is 0.126. The second kappa shape index (κ2) is 6.55. The Morgan fingerprint density at radius 3 is 2.79 bits per heavy atom. The Balaban J connectivity index is 2.37. The first kappa shape index (κ1) is 14.6. The highest BCUT2D eigenvalue weighted by atomic mass is 79.9. The molecule has 3 nitrogen and oxygen atoms in total. The molecular weight excluding hydrogens is 326 g/mol. The molecule has 1 unspecified atom stereocenters. The van der Waals surface area contributed by atoms with Crippen LogP contribution in [0.4, 0.5) is 0 Å². The molecule has 0 saturated heterocycles. The van der Waals surface area contributed by atoms with Crippen LogP contribution < -0.4 is 5.32 Å². The Labute approximate surface area is 127 Å². The fourth-order valence-corrected chi connectivity index (χ4v) is 2.56. The highest BCUT2D eigenvalue weighted by Crippen LogP contribution is 2.28.